The molecule has 0 saturated carbocycles. The summed E-state index contributed by atoms with van der Waals surface area (Å²) in [5.74, 6) is -1.62. The number of nitrogens with two attached hydrogens (primary N) is 2. The van der Waals surface area contributed by atoms with Gasteiger partial charge in [-0.15, -0.1) is 12.4 Å². The van der Waals surface area contributed by atoms with Gasteiger partial charge in [0.2, 0.25) is 23.6 Å². The Labute approximate surface area is 306 Å². The lowest BCUT2D eigenvalue weighted by Crippen LogP contribution is -2.52. The van der Waals surface area contributed by atoms with E-state index in [0.717, 1.165) is 12.0 Å². The largest absolute Gasteiger partial charge is 0.494 e. The number of ether oxygens (including phenoxy) is 1. The van der Waals surface area contributed by atoms with E-state index in [0.29, 0.717) is 58.9 Å². The molecule has 0 aromatic heterocycles. The summed E-state index contributed by atoms with van der Waals surface area (Å²) in [6, 6.07) is 16.0. The number of piperidine rings is 1. The maximum absolute atomic E-state index is 13.0. The van der Waals surface area contributed by atoms with Crippen LogP contribution in [0.2, 0.25) is 0 Å². The molecule has 0 bridgehead atoms. The Morgan fingerprint density at radius 2 is 1.73 bits per heavy atom. The van der Waals surface area contributed by atoms with Crippen molar-refractivity contribution in [3.8, 4) is 5.75 Å². The Hall–Kier alpha value is -5.96. The van der Waals surface area contributed by atoms with E-state index in [1.165, 1.54) is 18.1 Å². The molecule has 2 heterocycles. The number of nitrogens with one attached hydrogen (secondary N) is 4. The van der Waals surface area contributed by atoms with Gasteiger partial charge in [0.05, 0.1) is 13.5 Å². The van der Waals surface area contributed by atoms with Gasteiger partial charge in [0.15, 0.2) is 5.96 Å². The van der Waals surface area contributed by atoms with E-state index in [9.17, 15) is 28.8 Å². The van der Waals surface area contributed by atoms with Crippen molar-refractivity contribution >= 4 is 70.9 Å². The van der Waals surface area contributed by atoms with Crippen molar-refractivity contribution in [1.29, 1.82) is 0 Å². The number of nitrogens with zero attached hydrogens (tertiary/aromatic N) is 2. The number of guanidine groups is 1. The number of aliphatic imine (C=N–C) groups is 1. The van der Waals surface area contributed by atoms with Gasteiger partial charge in [-0.25, -0.2) is 4.99 Å². The smallest absolute Gasteiger partial charge is 0.255 e. The zero-order valence-corrected chi connectivity index (χ0v) is 29.3. The Bertz CT molecular complexity index is 1880. The average molecular weight is 733 g/mol. The number of carbonyl (C=O) groups excluding carboxylic acids is 6. The summed E-state index contributed by atoms with van der Waals surface area (Å²) in [5.41, 5.74) is 14.6. The molecule has 1 unspecified atom stereocenters. The summed E-state index contributed by atoms with van der Waals surface area (Å²) in [6.45, 7) is 0.635. The van der Waals surface area contributed by atoms with Gasteiger partial charge >= 0.3 is 0 Å². The summed E-state index contributed by atoms with van der Waals surface area (Å²) < 4.78 is 5.28. The first-order valence-electron chi connectivity index (χ1n) is 16.5. The van der Waals surface area contributed by atoms with Gasteiger partial charge in [0, 0.05) is 54.0 Å². The standard InChI is InChI=1S/C36H40N8O7.ClH/c1-51-29-19-22(11-14-27(29)42-36(37)38)33(48)40-23-12-9-21(10-13-23)18-32(47)39-17-4-2-3-8-30(45)41-26-7-5-6-24-25(26)20-44(35(24)50)28-15-16-31(46)43-34(28)49;/h5-7,9-14,19,28H,2-4,8,15-18,20H2,1H3,(H,39,47)(H,40,48)(H,41,45)(H4,37,38,42)(H,43,46,49);1H. The van der Waals surface area contributed by atoms with Crippen LogP contribution in [0.5, 0.6) is 5.75 Å². The van der Waals surface area contributed by atoms with Gasteiger partial charge in [-0.2, -0.15) is 0 Å². The number of rotatable bonds is 14. The number of hydrogen-bond acceptors (Lipinski definition) is 8. The molecule has 2 aliphatic rings. The van der Waals surface area contributed by atoms with E-state index in [4.69, 9.17) is 16.2 Å². The fourth-order valence-electron chi connectivity index (χ4n) is 5.94. The average Bonchev–Trinajstić information content (AvgIpc) is 3.43. The fraction of sp³-hybridized carbons (Fsp3) is 0.306. The molecule has 1 fully saturated rings. The quantitative estimate of drug-likeness (QED) is 0.0619. The number of methoxy groups -OCH3 is 1. The number of amides is 6. The van der Waals surface area contributed by atoms with Crippen LogP contribution in [0.3, 0.4) is 0 Å². The summed E-state index contributed by atoms with van der Waals surface area (Å²) in [4.78, 5) is 80.3. The molecule has 274 valence electrons. The summed E-state index contributed by atoms with van der Waals surface area (Å²) in [6.07, 6.45) is 2.89. The second-order valence-corrected chi connectivity index (χ2v) is 12.2. The molecule has 6 amide bonds. The van der Waals surface area contributed by atoms with E-state index in [1.807, 2.05) is 0 Å². The fourth-order valence-corrected chi connectivity index (χ4v) is 5.94. The summed E-state index contributed by atoms with van der Waals surface area (Å²) >= 11 is 0. The lowest BCUT2D eigenvalue weighted by atomic mass is 10.0. The molecular weight excluding hydrogens is 692 g/mol. The molecule has 15 nitrogen and oxygen atoms in total. The van der Waals surface area contributed by atoms with Gasteiger partial charge in [0.25, 0.3) is 11.8 Å². The molecule has 0 spiro atoms. The second-order valence-electron chi connectivity index (χ2n) is 12.2. The number of anilines is 2. The number of benzene rings is 3. The Morgan fingerprint density at radius 1 is 0.962 bits per heavy atom. The molecule has 0 aliphatic carbocycles. The number of unbranched alkanes of at least 4 members (excludes halogenated alkanes) is 2. The van der Waals surface area contributed by atoms with Crippen LogP contribution in [0.1, 0.15) is 70.4 Å². The van der Waals surface area contributed by atoms with Gasteiger partial charge in [0.1, 0.15) is 17.5 Å². The monoisotopic (exact) mass is 732 g/mol. The summed E-state index contributed by atoms with van der Waals surface area (Å²) in [7, 11) is 1.45. The maximum Gasteiger partial charge on any atom is 0.255 e. The molecule has 2 aliphatic heterocycles. The van der Waals surface area contributed by atoms with Crippen molar-refractivity contribution in [2.45, 2.75) is 57.5 Å². The third kappa shape index (κ3) is 9.84. The minimum Gasteiger partial charge on any atom is -0.494 e. The van der Waals surface area contributed by atoms with Crippen LogP contribution in [-0.4, -0.2) is 66.0 Å². The number of carbonyl (C=O) groups is 6. The minimum atomic E-state index is -0.729. The van der Waals surface area contributed by atoms with Gasteiger partial charge in [-0.3, -0.25) is 34.1 Å². The van der Waals surface area contributed by atoms with Gasteiger partial charge < -0.3 is 37.1 Å². The van der Waals surface area contributed by atoms with Crippen LogP contribution in [-0.2, 0) is 32.1 Å². The minimum absolute atomic E-state index is 0. The van der Waals surface area contributed by atoms with Crippen LogP contribution in [0.15, 0.2) is 65.7 Å². The van der Waals surface area contributed by atoms with Crippen LogP contribution in [0, 0.1) is 0 Å². The highest BCUT2D eigenvalue weighted by atomic mass is 35.5. The molecule has 3 aromatic rings. The Kier molecular flexibility index (Phi) is 13.3. The van der Waals surface area contributed by atoms with Crippen molar-refractivity contribution in [2.75, 3.05) is 24.3 Å². The van der Waals surface area contributed by atoms with Crippen molar-refractivity contribution < 1.29 is 33.5 Å². The lowest BCUT2D eigenvalue weighted by Gasteiger charge is -2.29. The molecule has 1 atom stereocenters. The van der Waals surface area contributed by atoms with E-state index in [2.05, 4.69) is 26.3 Å². The molecule has 16 heteroatoms. The van der Waals surface area contributed by atoms with Gasteiger partial charge in [-0.05, 0) is 67.3 Å². The number of fused-ring (bicyclic) bond motifs is 1. The van der Waals surface area contributed by atoms with Crippen LogP contribution < -0.4 is 37.5 Å². The molecule has 1 saturated heterocycles. The molecule has 5 rings (SSSR count). The van der Waals surface area contributed by atoms with E-state index < -0.39 is 11.9 Å². The highest BCUT2D eigenvalue weighted by Gasteiger charge is 2.40. The lowest BCUT2D eigenvalue weighted by molar-refractivity contribution is -0.137. The number of imide groups is 1. The van der Waals surface area contributed by atoms with Crippen LogP contribution in [0.25, 0.3) is 0 Å². The van der Waals surface area contributed by atoms with Gasteiger partial charge in [-0.1, -0.05) is 24.6 Å². The first-order chi connectivity index (χ1) is 24.5. The number of halogens is 1. The summed E-state index contributed by atoms with van der Waals surface area (Å²) in [5, 5.41) is 10.9. The predicted molar refractivity (Wildman–Crippen MR) is 196 cm³/mol. The third-order valence-electron chi connectivity index (χ3n) is 8.53. The predicted octanol–water partition coefficient (Wildman–Crippen LogP) is 2.89. The number of hydrogen-bond donors (Lipinski definition) is 6. The molecule has 8 N–H and O–H groups in total. The highest BCUT2D eigenvalue weighted by Crippen LogP contribution is 2.32. The zero-order chi connectivity index (χ0) is 36.5. The second kappa shape index (κ2) is 17.8. The first-order valence-corrected chi connectivity index (χ1v) is 16.5. The SMILES string of the molecule is COc1cc(C(=O)Nc2ccc(CC(=O)NCCCCCC(=O)Nc3cccc4c3CN(C3CCC(=O)NC3=O)C4=O)cc2)ccc1N=C(N)N.Cl. The van der Waals surface area contributed by atoms with E-state index in [1.54, 1.807) is 54.6 Å². The molecule has 3 aromatic carbocycles. The van der Waals surface area contributed by atoms with E-state index >= 15 is 0 Å². The normalized spacial score (nSPS) is 14.8. The Morgan fingerprint density at radius 3 is 2.44 bits per heavy atom. The van der Waals surface area contributed by atoms with Crippen LogP contribution in [0.4, 0.5) is 17.1 Å². The highest BCUT2D eigenvalue weighted by molar-refractivity contribution is 6.07. The first kappa shape index (κ1) is 38.8. The Balaban J connectivity index is 0.00000605. The topological polar surface area (TPSA) is 227 Å². The van der Waals surface area contributed by atoms with E-state index in [-0.39, 0.29) is 80.1 Å². The molecule has 0 radical (unpaired) electrons. The third-order valence-corrected chi connectivity index (χ3v) is 8.53. The molecule has 52 heavy (non-hydrogen) atoms. The van der Waals surface area contributed by atoms with Crippen LogP contribution >= 0.6 is 12.4 Å². The molecular formula is C36H41ClN8O7. The maximum atomic E-state index is 13.0. The van der Waals surface area contributed by atoms with Crippen molar-refractivity contribution in [1.82, 2.24) is 15.5 Å². The van der Waals surface area contributed by atoms with Crippen molar-refractivity contribution in [2.24, 2.45) is 16.5 Å². The van der Waals surface area contributed by atoms with Crippen molar-refractivity contribution in [3.05, 3.63) is 82.9 Å². The van der Waals surface area contributed by atoms with Crippen molar-refractivity contribution in [3.63, 3.8) is 0 Å². The zero-order valence-electron chi connectivity index (χ0n) is 28.5.